The van der Waals surface area contributed by atoms with Crippen molar-refractivity contribution in [3.05, 3.63) is 0 Å². The van der Waals surface area contributed by atoms with Gasteiger partial charge in [0.2, 0.25) is 0 Å². The molecule has 0 radical (unpaired) electrons. The monoisotopic (exact) mass is 706 g/mol. The molecule has 2 N–H and O–H groups in total. The van der Waals surface area contributed by atoms with E-state index in [4.69, 9.17) is 23.7 Å². The molecular formula is C41H71NO8. The Bertz CT molecular complexity index is 1140. The van der Waals surface area contributed by atoms with Crippen molar-refractivity contribution in [3.8, 4) is 0 Å². The lowest BCUT2D eigenvalue weighted by Crippen LogP contribution is -2.77. The van der Waals surface area contributed by atoms with Gasteiger partial charge >= 0.3 is 5.97 Å². The Morgan fingerprint density at radius 2 is 1.38 bits per heavy atom. The number of esters is 1. The Morgan fingerprint density at radius 3 is 1.94 bits per heavy atom. The largest absolute Gasteiger partial charge is 0.459 e. The number of unbranched alkanes of at least 4 members (excludes halogenated alkanes) is 12. The molecule has 288 valence electrons. The maximum Gasteiger partial charge on any atom is 0.306 e. The van der Waals surface area contributed by atoms with Crippen molar-refractivity contribution in [1.29, 1.82) is 0 Å². The van der Waals surface area contributed by atoms with E-state index in [1.165, 1.54) is 64.2 Å². The van der Waals surface area contributed by atoms with Gasteiger partial charge < -0.3 is 33.9 Å². The molecular weight excluding hydrogens is 634 g/mol. The van der Waals surface area contributed by atoms with E-state index in [9.17, 15) is 15.0 Å². The summed E-state index contributed by atoms with van der Waals surface area (Å²) in [4.78, 5) is 16.2. The number of methoxy groups -OCH3 is 4. The number of aliphatic hydroxyl groups is 2. The van der Waals surface area contributed by atoms with Crippen molar-refractivity contribution in [2.45, 2.75) is 171 Å². The number of fused-ring (bicyclic) bond motifs is 2. The number of hydrogen-bond acceptors (Lipinski definition) is 9. The van der Waals surface area contributed by atoms with Crippen LogP contribution in [0, 0.1) is 34.5 Å². The number of likely N-dealkylation sites (tertiary alicyclic amines) is 1. The number of hydrogen-bond donors (Lipinski definition) is 2. The number of rotatable bonds is 21. The molecule has 0 aromatic heterocycles. The quantitative estimate of drug-likeness (QED) is 0.105. The van der Waals surface area contributed by atoms with Crippen LogP contribution in [0.25, 0.3) is 0 Å². The van der Waals surface area contributed by atoms with Crippen molar-refractivity contribution >= 4 is 5.97 Å². The molecule has 13 atom stereocenters. The van der Waals surface area contributed by atoms with Crippen LogP contribution in [-0.2, 0) is 28.5 Å². The fraction of sp³-hybridized carbons (Fsp3) is 0.976. The maximum atomic E-state index is 13.6. The van der Waals surface area contributed by atoms with Crippen LogP contribution in [0.4, 0.5) is 0 Å². The molecule has 6 rings (SSSR count). The van der Waals surface area contributed by atoms with E-state index in [0.717, 1.165) is 45.2 Å². The Balaban J connectivity index is 1.17. The fourth-order valence-corrected chi connectivity index (χ4v) is 13.6. The lowest BCUT2D eigenvalue weighted by Gasteiger charge is -2.69. The molecule has 6 fully saturated rings. The molecule has 1 heterocycles. The highest BCUT2D eigenvalue weighted by Crippen LogP contribution is 2.80. The van der Waals surface area contributed by atoms with Gasteiger partial charge in [-0.05, 0) is 38.1 Å². The standard InChI is InChI=1S/C41H71NO8/c1-7-9-10-11-12-13-14-15-16-17-18-19-20-21-31(43)50-37-32-28-24-39(37,44)30(48-5)25-40(32,45)33-34(49-6)35-38(27-46-3)23-22-29(47-4)41(28,35)36(33)42(8-2)26-38/h28-30,32-37,44-45H,7-27H2,1-6H3/t28-,29?,30+,32-,33+,34+,35-,36-,37-,38+,39-,40-,41+/m1/s1. The van der Waals surface area contributed by atoms with Crippen molar-refractivity contribution in [3.63, 3.8) is 0 Å². The van der Waals surface area contributed by atoms with Crippen molar-refractivity contribution in [2.75, 3.05) is 48.1 Å². The van der Waals surface area contributed by atoms with E-state index >= 15 is 0 Å². The first-order valence-electron chi connectivity index (χ1n) is 20.6. The lowest BCUT2D eigenvalue weighted by atomic mass is 9.43. The highest BCUT2D eigenvalue weighted by molar-refractivity contribution is 5.70. The molecule has 9 nitrogen and oxygen atoms in total. The predicted octanol–water partition coefficient (Wildman–Crippen LogP) is 6.30. The minimum atomic E-state index is -1.38. The van der Waals surface area contributed by atoms with Crippen LogP contribution in [0.3, 0.4) is 0 Å². The van der Waals surface area contributed by atoms with Crippen molar-refractivity contribution in [2.24, 2.45) is 34.5 Å². The second-order valence-electron chi connectivity index (χ2n) is 17.4. The number of carbonyl (C=O) groups excluding carboxylic acids is 1. The minimum absolute atomic E-state index is 0.0176. The molecule has 1 unspecified atom stereocenters. The Labute approximate surface area is 302 Å². The maximum absolute atomic E-state index is 13.6. The van der Waals surface area contributed by atoms with Gasteiger partial charge in [-0.3, -0.25) is 9.69 Å². The molecule has 7 bridgehead atoms. The fourth-order valence-electron chi connectivity index (χ4n) is 13.6. The number of ether oxygens (including phenoxy) is 5. The van der Waals surface area contributed by atoms with Gasteiger partial charge in [-0.1, -0.05) is 90.9 Å². The van der Waals surface area contributed by atoms with Crippen LogP contribution in [0.15, 0.2) is 0 Å². The number of nitrogens with zero attached hydrogens (tertiary/aromatic N) is 1. The van der Waals surface area contributed by atoms with E-state index in [-0.39, 0.29) is 47.4 Å². The Hall–Kier alpha value is -0.810. The SMILES string of the molecule is CCCCCCCCCCCCCCCC(=O)O[C@@H]1[C@H]2[C@H]3C[C@@]1(O)[C@@H](OC)C[C@]2(O)[C@H]1[C@H](OC)[C@@H]2[C@@]4(COC)CCC(OC)[C@@]32[C@@H]1N(CC)C4. The normalized spacial score (nSPS) is 44.1. The molecule has 9 heteroatoms. The van der Waals surface area contributed by atoms with Gasteiger partial charge in [-0.2, -0.15) is 0 Å². The molecule has 1 spiro atoms. The second kappa shape index (κ2) is 15.9. The average Bonchev–Trinajstić information content (AvgIpc) is 3.49. The molecule has 1 saturated heterocycles. The van der Waals surface area contributed by atoms with E-state index in [0.29, 0.717) is 25.9 Å². The summed E-state index contributed by atoms with van der Waals surface area (Å²) in [7, 11) is 7.03. The van der Waals surface area contributed by atoms with E-state index in [2.05, 4.69) is 18.7 Å². The molecule has 0 amide bonds. The second-order valence-corrected chi connectivity index (χ2v) is 17.4. The molecule has 50 heavy (non-hydrogen) atoms. The summed E-state index contributed by atoms with van der Waals surface area (Å²) in [5, 5.41) is 25.9. The van der Waals surface area contributed by atoms with E-state index < -0.39 is 34.7 Å². The summed E-state index contributed by atoms with van der Waals surface area (Å²) in [6.45, 7) is 6.83. The molecule has 1 aliphatic heterocycles. The van der Waals surface area contributed by atoms with Crippen molar-refractivity contribution < 1.29 is 38.7 Å². The highest BCUT2D eigenvalue weighted by atomic mass is 16.6. The minimum Gasteiger partial charge on any atom is -0.459 e. The average molecular weight is 706 g/mol. The zero-order valence-electron chi connectivity index (χ0n) is 32.3. The Morgan fingerprint density at radius 1 is 0.760 bits per heavy atom. The molecule has 6 aliphatic rings. The first kappa shape index (κ1) is 38.9. The van der Waals surface area contributed by atoms with Crippen LogP contribution < -0.4 is 0 Å². The summed E-state index contributed by atoms with van der Waals surface area (Å²) >= 11 is 0. The van der Waals surface area contributed by atoms with Crippen LogP contribution in [-0.4, -0.2) is 111 Å². The van der Waals surface area contributed by atoms with Crippen LogP contribution >= 0.6 is 0 Å². The zero-order chi connectivity index (χ0) is 35.7. The first-order valence-corrected chi connectivity index (χ1v) is 20.6. The summed E-state index contributed by atoms with van der Waals surface area (Å²) < 4.78 is 31.5. The summed E-state index contributed by atoms with van der Waals surface area (Å²) in [5.41, 5.74) is -3.18. The van der Waals surface area contributed by atoms with Gasteiger partial charge in [0.1, 0.15) is 11.7 Å². The number of piperidine rings is 1. The van der Waals surface area contributed by atoms with Gasteiger partial charge in [-0.25, -0.2) is 0 Å². The van der Waals surface area contributed by atoms with Gasteiger partial charge in [0.15, 0.2) is 0 Å². The third kappa shape index (κ3) is 6.03. The van der Waals surface area contributed by atoms with Gasteiger partial charge in [-0.15, -0.1) is 0 Å². The summed E-state index contributed by atoms with van der Waals surface area (Å²) in [6, 6.07) is 0.0176. The highest BCUT2D eigenvalue weighted by Gasteiger charge is 2.88. The molecule has 0 aromatic rings. The summed E-state index contributed by atoms with van der Waals surface area (Å²) in [5.74, 6) is -0.983. The van der Waals surface area contributed by atoms with Gasteiger partial charge in [0, 0.05) is 82.5 Å². The zero-order valence-corrected chi connectivity index (χ0v) is 32.3. The topological polar surface area (TPSA) is 107 Å². The van der Waals surface area contributed by atoms with Crippen LogP contribution in [0.5, 0.6) is 0 Å². The van der Waals surface area contributed by atoms with Crippen molar-refractivity contribution in [1.82, 2.24) is 4.90 Å². The first-order chi connectivity index (χ1) is 24.2. The third-order valence-corrected chi connectivity index (χ3v) is 15.2. The van der Waals surface area contributed by atoms with E-state index in [1.807, 2.05) is 7.11 Å². The molecule has 5 aliphatic carbocycles. The lowest BCUT2D eigenvalue weighted by molar-refractivity contribution is -0.285. The third-order valence-electron chi connectivity index (χ3n) is 15.2. The molecule has 5 saturated carbocycles. The Kier molecular flexibility index (Phi) is 12.4. The van der Waals surface area contributed by atoms with Crippen LogP contribution in [0.1, 0.15) is 129 Å². The number of carbonyl (C=O) groups is 1. The van der Waals surface area contributed by atoms with Gasteiger partial charge in [0.05, 0.1) is 30.5 Å². The van der Waals surface area contributed by atoms with Crippen LogP contribution in [0.2, 0.25) is 0 Å². The van der Waals surface area contributed by atoms with E-state index in [1.54, 1.807) is 21.3 Å². The molecule has 0 aromatic carbocycles. The summed E-state index contributed by atoms with van der Waals surface area (Å²) in [6.07, 6.45) is 17.3. The smallest absolute Gasteiger partial charge is 0.306 e. The predicted molar refractivity (Wildman–Crippen MR) is 193 cm³/mol. The van der Waals surface area contributed by atoms with Gasteiger partial charge in [0.25, 0.3) is 0 Å².